The highest BCUT2D eigenvalue weighted by Crippen LogP contribution is 2.25. The molecule has 0 aliphatic carbocycles. The van der Waals surface area contributed by atoms with Gasteiger partial charge in [0, 0.05) is 25.6 Å². The summed E-state index contributed by atoms with van der Waals surface area (Å²) in [7, 11) is 1.73. The summed E-state index contributed by atoms with van der Waals surface area (Å²) in [5.41, 5.74) is 2.94. The molecule has 2 heteroatoms. The van der Waals surface area contributed by atoms with Crippen molar-refractivity contribution in [2.75, 3.05) is 26.8 Å². The predicted molar refractivity (Wildman–Crippen MR) is 69.0 cm³/mol. The Balaban J connectivity index is 2.59. The minimum atomic E-state index is 0.166. The molecule has 0 saturated carbocycles. The van der Waals surface area contributed by atoms with Gasteiger partial charge in [-0.15, -0.1) is 0 Å². The van der Waals surface area contributed by atoms with Crippen molar-refractivity contribution in [1.82, 2.24) is 5.32 Å². The average molecular weight is 221 g/mol. The van der Waals surface area contributed by atoms with Crippen LogP contribution < -0.4 is 5.32 Å². The summed E-state index contributed by atoms with van der Waals surface area (Å²) in [5, 5.41) is 3.43. The molecular weight excluding hydrogens is 198 g/mol. The van der Waals surface area contributed by atoms with Gasteiger partial charge >= 0.3 is 0 Å². The number of ether oxygens (including phenoxy) is 1. The zero-order chi connectivity index (χ0) is 12.0. The first kappa shape index (κ1) is 13.2. The van der Waals surface area contributed by atoms with E-state index in [0.717, 1.165) is 19.7 Å². The van der Waals surface area contributed by atoms with E-state index in [1.165, 1.54) is 11.1 Å². The third kappa shape index (κ3) is 3.62. The molecule has 1 aromatic carbocycles. The van der Waals surface area contributed by atoms with Crippen LogP contribution in [0.2, 0.25) is 0 Å². The molecule has 0 fully saturated rings. The molecule has 0 aromatic heterocycles. The van der Waals surface area contributed by atoms with Crippen molar-refractivity contribution < 1.29 is 4.74 Å². The van der Waals surface area contributed by atoms with Crippen LogP contribution in [-0.2, 0) is 10.2 Å². The first-order chi connectivity index (χ1) is 7.58. The van der Waals surface area contributed by atoms with Gasteiger partial charge in [0.05, 0.1) is 6.61 Å². The van der Waals surface area contributed by atoms with Crippen molar-refractivity contribution in [3.8, 4) is 0 Å². The molecule has 0 amide bonds. The molecule has 0 saturated heterocycles. The van der Waals surface area contributed by atoms with Crippen molar-refractivity contribution >= 4 is 0 Å². The molecule has 0 heterocycles. The maximum atomic E-state index is 5.02. The Morgan fingerprint density at radius 1 is 1.25 bits per heavy atom. The smallest absolute Gasteiger partial charge is 0.0587 e. The van der Waals surface area contributed by atoms with Crippen LogP contribution in [0.4, 0.5) is 0 Å². The van der Waals surface area contributed by atoms with Crippen LogP contribution in [0, 0.1) is 6.92 Å². The molecule has 16 heavy (non-hydrogen) atoms. The van der Waals surface area contributed by atoms with Crippen LogP contribution in [0.15, 0.2) is 24.3 Å². The molecule has 0 atom stereocenters. The van der Waals surface area contributed by atoms with Crippen molar-refractivity contribution in [2.24, 2.45) is 0 Å². The van der Waals surface area contributed by atoms with Gasteiger partial charge in [-0.05, 0) is 18.1 Å². The zero-order valence-electron chi connectivity index (χ0n) is 10.8. The normalized spacial score (nSPS) is 11.8. The van der Waals surface area contributed by atoms with Gasteiger partial charge in [0.15, 0.2) is 0 Å². The Bertz CT molecular complexity index is 320. The highest BCUT2D eigenvalue weighted by Gasteiger charge is 2.21. The van der Waals surface area contributed by atoms with E-state index in [4.69, 9.17) is 4.74 Å². The number of rotatable bonds is 6. The minimum Gasteiger partial charge on any atom is -0.383 e. The minimum absolute atomic E-state index is 0.166. The molecule has 1 rings (SSSR count). The number of methoxy groups -OCH3 is 1. The fourth-order valence-corrected chi connectivity index (χ4v) is 2.00. The summed E-state index contributed by atoms with van der Waals surface area (Å²) in [6, 6.07) is 8.59. The summed E-state index contributed by atoms with van der Waals surface area (Å²) in [5.74, 6) is 0. The van der Waals surface area contributed by atoms with Crippen LogP contribution in [-0.4, -0.2) is 26.8 Å². The lowest BCUT2D eigenvalue weighted by molar-refractivity contribution is 0.197. The zero-order valence-corrected chi connectivity index (χ0v) is 10.8. The maximum absolute atomic E-state index is 5.02. The Labute approximate surface area is 99.0 Å². The Morgan fingerprint density at radius 2 is 1.94 bits per heavy atom. The molecular formula is C14H23NO. The fourth-order valence-electron chi connectivity index (χ4n) is 2.00. The molecule has 0 spiro atoms. The lowest BCUT2D eigenvalue weighted by Crippen LogP contribution is -2.35. The average Bonchev–Trinajstić information content (AvgIpc) is 2.25. The first-order valence-corrected chi connectivity index (χ1v) is 5.83. The summed E-state index contributed by atoms with van der Waals surface area (Å²) >= 11 is 0. The van der Waals surface area contributed by atoms with Gasteiger partial charge in [-0.2, -0.15) is 0 Å². The standard InChI is InChI=1S/C14H23NO/c1-12-7-5-6-8-13(12)14(2,3)11-15-9-10-16-4/h5-8,15H,9-11H2,1-4H3. The van der Waals surface area contributed by atoms with Gasteiger partial charge in [0.2, 0.25) is 0 Å². The fraction of sp³-hybridized carbons (Fsp3) is 0.571. The molecule has 0 bridgehead atoms. The van der Waals surface area contributed by atoms with Gasteiger partial charge in [0.1, 0.15) is 0 Å². The lowest BCUT2D eigenvalue weighted by atomic mass is 9.82. The van der Waals surface area contributed by atoms with Crippen LogP contribution >= 0.6 is 0 Å². The van der Waals surface area contributed by atoms with Crippen molar-refractivity contribution in [2.45, 2.75) is 26.2 Å². The predicted octanol–water partition coefficient (Wildman–Crippen LogP) is 2.51. The van der Waals surface area contributed by atoms with Gasteiger partial charge in [0.25, 0.3) is 0 Å². The molecule has 0 aliphatic heterocycles. The third-order valence-electron chi connectivity index (χ3n) is 2.92. The third-order valence-corrected chi connectivity index (χ3v) is 2.92. The summed E-state index contributed by atoms with van der Waals surface area (Å²) in [6.45, 7) is 9.37. The van der Waals surface area contributed by atoms with Crippen LogP contribution in [0.5, 0.6) is 0 Å². The van der Waals surface area contributed by atoms with Crippen LogP contribution in [0.1, 0.15) is 25.0 Å². The second-order valence-electron chi connectivity index (χ2n) is 4.87. The number of hydrogen-bond donors (Lipinski definition) is 1. The van der Waals surface area contributed by atoms with E-state index in [1.807, 2.05) is 0 Å². The van der Waals surface area contributed by atoms with Crippen LogP contribution in [0.25, 0.3) is 0 Å². The van der Waals surface area contributed by atoms with E-state index >= 15 is 0 Å². The Morgan fingerprint density at radius 3 is 2.56 bits per heavy atom. The molecule has 1 aromatic rings. The van der Waals surface area contributed by atoms with Gasteiger partial charge < -0.3 is 10.1 Å². The quantitative estimate of drug-likeness (QED) is 0.745. The largest absolute Gasteiger partial charge is 0.383 e. The highest BCUT2D eigenvalue weighted by molar-refractivity contribution is 5.32. The first-order valence-electron chi connectivity index (χ1n) is 5.83. The molecule has 0 aliphatic rings. The maximum Gasteiger partial charge on any atom is 0.0587 e. The molecule has 1 N–H and O–H groups in total. The number of nitrogens with one attached hydrogen (secondary N) is 1. The van der Waals surface area contributed by atoms with Gasteiger partial charge in [-0.25, -0.2) is 0 Å². The molecule has 0 radical (unpaired) electrons. The topological polar surface area (TPSA) is 21.3 Å². The lowest BCUT2D eigenvalue weighted by Gasteiger charge is -2.27. The van der Waals surface area contributed by atoms with E-state index in [9.17, 15) is 0 Å². The monoisotopic (exact) mass is 221 g/mol. The van der Waals surface area contributed by atoms with Crippen molar-refractivity contribution in [3.63, 3.8) is 0 Å². The van der Waals surface area contributed by atoms with Crippen molar-refractivity contribution in [3.05, 3.63) is 35.4 Å². The van der Waals surface area contributed by atoms with E-state index in [2.05, 4.69) is 50.4 Å². The Hall–Kier alpha value is -0.860. The number of benzene rings is 1. The molecule has 0 unspecified atom stereocenters. The Kier molecular flexibility index (Phi) is 4.97. The van der Waals surface area contributed by atoms with E-state index in [1.54, 1.807) is 7.11 Å². The van der Waals surface area contributed by atoms with E-state index in [-0.39, 0.29) is 5.41 Å². The van der Waals surface area contributed by atoms with Crippen LogP contribution in [0.3, 0.4) is 0 Å². The second kappa shape index (κ2) is 6.02. The summed E-state index contributed by atoms with van der Waals surface area (Å²) in [6.07, 6.45) is 0. The van der Waals surface area contributed by atoms with Crippen molar-refractivity contribution in [1.29, 1.82) is 0 Å². The highest BCUT2D eigenvalue weighted by atomic mass is 16.5. The van der Waals surface area contributed by atoms with E-state index < -0.39 is 0 Å². The molecule has 2 nitrogen and oxygen atoms in total. The second-order valence-corrected chi connectivity index (χ2v) is 4.87. The summed E-state index contributed by atoms with van der Waals surface area (Å²) < 4.78 is 5.02. The van der Waals surface area contributed by atoms with E-state index in [0.29, 0.717) is 0 Å². The molecule has 90 valence electrons. The van der Waals surface area contributed by atoms with Gasteiger partial charge in [-0.1, -0.05) is 38.1 Å². The number of hydrogen-bond acceptors (Lipinski definition) is 2. The number of aryl methyl sites for hydroxylation is 1. The SMILES string of the molecule is COCCNCC(C)(C)c1ccccc1C. The summed E-state index contributed by atoms with van der Waals surface area (Å²) in [4.78, 5) is 0. The van der Waals surface area contributed by atoms with Gasteiger partial charge in [-0.3, -0.25) is 0 Å².